The maximum absolute atomic E-state index is 10.7. The van der Waals surface area contributed by atoms with E-state index in [4.69, 9.17) is 25.2 Å². The lowest BCUT2D eigenvalue weighted by atomic mass is 9.78. The summed E-state index contributed by atoms with van der Waals surface area (Å²) in [5.74, 6) is 3.65. The van der Waals surface area contributed by atoms with E-state index in [9.17, 15) is 25.5 Å². The van der Waals surface area contributed by atoms with Crippen molar-refractivity contribution < 1.29 is 50.7 Å². The van der Waals surface area contributed by atoms with Crippen LogP contribution in [-0.2, 0) is 0 Å². The normalized spacial score (nSPS) is 10.6. The summed E-state index contributed by atoms with van der Waals surface area (Å²) in [6.07, 6.45) is 0. The minimum Gasteiger partial charge on any atom is -0.508 e. The molecule has 9 aromatic carbocycles. The molecule has 0 aliphatic rings. The number of para-hydroxylation sites is 1. The second kappa shape index (κ2) is 24.2. The van der Waals surface area contributed by atoms with Crippen molar-refractivity contribution in [2.24, 2.45) is 0 Å². The zero-order chi connectivity index (χ0) is 52.9. The van der Waals surface area contributed by atoms with E-state index in [1.807, 2.05) is 120 Å². The molecular weight excluding hydrogens is 917 g/mol. The Morgan fingerprint density at radius 2 is 0.630 bits per heavy atom. The van der Waals surface area contributed by atoms with Crippen molar-refractivity contribution in [3.05, 3.63) is 243 Å². The smallest absolute Gasteiger partial charge is 0.127 e. The molecule has 0 aliphatic carbocycles. The molecule has 0 saturated heterocycles. The van der Waals surface area contributed by atoms with Crippen molar-refractivity contribution in [3.8, 4) is 74.4 Å². The first-order valence-corrected chi connectivity index (χ1v) is 23.6. The summed E-state index contributed by atoms with van der Waals surface area (Å²) in [5.41, 5.74) is 12.5. The van der Waals surface area contributed by atoms with Crippen LogP contribution in [-0.4, -0.2) is 46.0 Å². The highest BCUT2D eigenvalue weighted by atomic mass is 16.5. The molecule has 0 saturated carbocycles. The molecule has 0 spiro atoms. The first-order chi connectivity index (χ1) is 34.8. The number of benzene rings is 9. The Kier molecular flexibility index (Phi) is 17.7. The zero-order valence-corrected chi connectivity index (χ0v) is 41.9. The minimum atomic E-state index is -0.211. The third-order valence-corrected chi connectivity index (χ3v) is 12.8. The Balaban J connectivity index is 0.000000167. The van der Waals surface area contributed by atoms with Crippen molar-refractivity contribution in [3.63, 3.8) is 0 Å². The van der Waals surface area contributed by atoms with Crippen molar-refractivity contribution in [2.45, 2.75) is 60.3 Å². The predicted octanol–water partition coefficient (Wildman–Crippen LogP) is 14.7. The van der Waals surface area contributed by atoms with E-state index in [0.717, 1.165) is 72.3 Å². The summed E-state index contributed by atoms with van der Waals surface area (Å²) in [7, 11) is 0. The quantitative estimate of drug-likeness (QED) is 0.0662. The lowest BCUT2D eigenvalue weighted by molar-refractivity contribution is 0.459. The number of aromatic hydroxyl groups is 9. The molecule has 9 rings (SSSR count). The van der Waals surface area contributed by atoms with Gasteiger partial charge in [0.2, 0.25) is 0 Å². The highest BCUT2D eigenvalue weighted by Gasteiger charge is 2.27. The largest absolute Gasteiger partial charge is 0.508 e. The first kappa shape index (κ1) is 53.3. The molecule has 374 valence electrons. The van der Waals surface area contributed by atoms with Gasteiger partial charge in [-0.05, 0) is 211 Å². The van der Waals surface area contributed by atoms with Gasteiger partial charge in [0.1, 0.15) is 63.2 Å². The molecule has 0 heterocycles. The molecular formula is C63H62O10. The number of ether oxygens (including phenoxy) is 1. The van der Waals surface area contributed by atoms with Crippen molar-refractivity contribution in [1.82, 2.24) is 0 Å². The Bertz CT molecular complexity index is 3020. The molecule has 0 bridgehead atoms. The van der Waals surface area contributed by atoms with Gasteiger partial charge < -0.3 is 50.7 Å². The summed E-state index contributed by atoms with van der Waals surface area (Å²) in [5, 5.41) is 86.2. The van der Waals surface area contributed by atoms with Crippen LogP contribution in [0.2, 0.25) is 0 Å². The van der Waals surface area contributed by atoms with Crippen LogP contribution in [0, 0.1) is 41.5 Å². The van der Waals surface area contributed by atoms with Gasteiger partial charge in [0.15, 0.2) is 0 Å². The Labute approximate surface area is 426 Å². The van der Waals surface area contributed by atoms with E-state index >= 15 is 0 Å². The van der Waals surface area contributed by atoms with E-state index in [1.54, 1.807) is 103 Å². The molecule has 10 nitrogen and oxygen atoms in total. The number of hydrogen-bond acceptors (Lipinski definition) is 10. The molecule has 0 aromatic heterocycles. The topological polar surface area (TPSA) is 191 Å². The Hall–Kier alpha value is -9.02. The minimum absolute atomic E-state index is 0.202. The van der Waals surface area contributed by atoms with Gasteiger partial charge in [-0.1, -0.05) is 85.8 Å². The monoisotopic (exact) mass is 978 g/mol. The first-order valence-electron chi connectivity index (χ1n) is 23.6. The van der Waals surface area contributed by atoms with Crippen LogP contribution in [0.25, 0.3) is 11.1 Å². The summed E-state index contributed by atoms with van der Waals surface area (Å²) >= 11 is 0. The lowest BCUT2D eigenvalue weighted by Crippen LogP contribution is -2.10. The van der Waals surface area contributed by atoms with Gasteiger partial charge in [-0.25, -0.2) is 0 Å². The van der Waals surface area contributed by atoms with Gasteiger partial charge in [-0.3, -0.25) is 0 Å². The van der Waals surface area contributed by atoms with Gasteiger partial charge in [0.05, 0.1) is 0 Å². The van der Waals surface area contributed by atoms with Crippen LogP contribution in [0.5, 0.6) is 63.2 Å². The van der Waals surface area contributed by atoms with Crippen LogP contribution < -0.4 is 4.74 Å². The van der Waals surface area contributed by atoms with E-state index in [0.29, 0.717) is 23.0 Å². The highest BCUT2D eigenvalue weighted by molar-refractivity contribution is 5.65. The van der Waals surface area contributed by atoms with Gasteiger partial charge >= 0.3 is 0 Å². The van der Waals surface area contributed by atoms with Crippen LogP contribution in [0.4, 0.5) is 0 Å². The Morgan fingerprint density at radius 3 is 0.959 bits per heavy atom. The maximum atomic E-state index is 10.7. The molecule has 0 amide bonds. The zero-order valence-electron chi connectivity index (χ0n) is 41.9. The maximum Gasteiger partial charge on any atom is 0.127 e. The number of aryl methyl sites for hydroxylation is 2. The summed E-state index contributed by atoms with van der Waals surface area (Å²) in [6, 6.07) is 52.6. The molecule has 0 unspecified atom stereocenters. The van der Waals surface area contributed by atoms with Crippen molar-refractivity contribution >= 4 is 0 Å². The average Bonchev–Trinajstić information content (AvgIpc) is 3.39. The fourth-order valence-corrected chi connectivity index (χ4v) is 8.22. The van der Waals surface area contributed by atoms with E-state index < -0.39 is 0 Å². The Morgan fingerprint density at radius 1 is 0.329 bits per heavy atom. The molecule has 10 heteroatoms. The number of rotatable bonds is 8. The predicted molar refractivity (Wildman–Crippen MR) is 289 cm³/mol. The average molecular weight is 979 g/mol. The summed E-state index contributed by atoms with van der Waals surface area (Å²) in [6.45, 7) is 13.7. The lowest BCUT2D eigenvalue weighted by Gasteiger charge is -2.27. The third kappa shape index (κ3) is 13.9. The van der Waals surface area contributed by atoms with Gasteiger partial charge in [0.25, 0.3) is 0 Å². The highest BCUT2D eigenvalue weighted by Crippen LogP contribution is 2.44. The summed E-state index contributed by atoms with van der Waals surface area (Å²) < 4.78 is 5.47. The van der Waals surface area contributed by atoms with Gasteiger partial charge in [-0.2, -0.15) is 0 Å². The molecule has 9 aromatic rings. The standard InChI is InChI=1S/C25H28O3.C14H14O2.C12H10O3.C12H10O2/c1-13-11-20(15(3)17(5)24(13)27)23(19-9-7-8-10-22(19)26)21-12-14(2)25(28)18(6)16(21)4;1-10(11-2-6-13(15)7-3-11)12-4-8-14(16)9-5-12;13-9-1-5-11(6-2-9)15-12-7-3-10(14)4-8-12;13-11-5-1-9(2-6-11)10-3-7-12(14)8-4-10/h7-12,23,26-28H,1-6H3;2-10,15-16H,1H3;1-8,13-14H;1-8,13-14H. The molecule has 0 fully saturated rings. The van der Waals surface area contributed by atoms with E-state index in [-0.39, 0.29) is 52.1 Å². The van der Waals surface area contributed by atoms with Crippen LogP contribution in [0.15, 0.2) is 182 Å². The van der Waals surface area contributed by atoms with Crippen molar-refractivity contribution in [2.75, 3.05) is 0 Å². The number of phenols is 9. The molecule has 73 heavy (non-hydrogen) atoms. The second-order valence-electron chi connectivity index (χ2n) is 17.8. The molecule has 0 atom stereocenters. The van der Waals surface area contributed by atoms with Crippen LogP contribution in [0.1, 0.15) is 80.0 Å². The molecule has 9 N–H and O–H groups in total. The summed E-state index contributed by atoms with van der Waals surface area (Å²) in [4.78, 5) is 0. The van der Waals surface area contributed by atoms with Gasteiger partial charge in [-0.15, -0.1) is 0 Å². The molecule has 0 radical (unpaired) electrons. The van der Waals surface area contributed by atoms with E-state index in [1.165, 1.54) is 0 Å². The fraction of sp³-hybridized carbons (Fsp3) is 0.143. The number of phenolic OH excluding ortho intramolecular Hbond substituents is 9. The SMILES string of the molecule is CC(c1ccc(O)cc1)c1ccc(O)cc1.Cc1cc(C(c2ccccc2O)c2cc(C)c(O)c(C)c2C)c(C)c(C)c1O.Oc1ccc(-c2ccc(O)cc2)cc1.Oc1ccc(Oc2ccc(O)cc2)cc1. The number of hydrogen-bond donors (Lipinski definition) is 9. The molecule has 0 aliphatic heterocycles. The van der Waals surface area contributed by atoms with Crippen LogP contribution >= 0.6 is 0 Å². The van der Waals surface area contributed by atoms with E-state index in [2.05, 4.69) is 6.92 Å². The second-order valence-corrected chi connectivity index (χ2v) is 17.8. The third-order valence-electron chi connectivity index (χ3n) is 12.8. The van der Waals surface area contributed by atoms with Crippen LogP contribution in [0.3, 0.4) is 0 Å². The fourth-order valence-electron chi connectivity index (χ4n) is 8.22. The van der Waals surface area contributed by atoms with Gasteiger partial charge in [0, 0.05) is 17.4 Å². The van der Waals surface area contributed by atoms with Crippen molar-refractivity contribution in [1.29, 1.82) is 0 Å².